The highest BCUT2D eigenvalue weighted by atomic mass is 28.5. The summed E-state index contributed by atoms with van der Waals surface area (Å²) in [4.78, 5) is 35.2. The van der Waals surface area contributed by atoms with Gasteiger partial charge in [0.2, 0.25) is 0 Å². The summed E-state index contributed by atoms with van der Waals surface area (Å²) >= 11 is 0. The summed E-state index contributed by atoms with van der Waals surface area (Å²) < 4.78 is 106. The van der Waals surface area contributed by atoms with Gasteiger partial charge in [0.05, 0.1) is 66.1 Å². The van der Waals surface area contributed by atoms with Gasteiger partial charge in [-0.25, -0.2) is 0 Å². The summed E-state index contributed by atoms with van der Waals surface area (Å²) in [5.41, 5.74) is 0. The Morgan fingerprint density at radius 3 is 0.889 bits per heavy atom. The summed E-state index contributed by atoms with van der Waals surface area (Å²) in [6, 6.07) is 1.23. The zero-order valence-corrected chi connectivity index (χ0v) is 43.2. The fourth-order valence-corrected chi connectivity index (χ4v) is 21.4. The van der Waals surface area contributed by atoms with Crippen molar-refractivity contribution in [3.05, 3.63) is 0 Å². The zero-order valence-electron chi connectivity index (χ0n) is 38.2. The van der Waals surface area contributed by atoms with Gasteiger partial charge < -0.3 is 101 Å². The highest BCUT2D eigenvalue weighted by Gasteiger charge is 2.59. The first-order chi connectivity index (χ1) is 30.4. The average molecular weight is 1000 g/mol. The lowest BCUT2D eigenvalue weighted by Crippen LogP contribution is -2.65. The van der Waals surface area contributed by atoms with E-state index in [1.807, 2.05) is 0 Å². The lowest BCUT2D eigenvalue weighted by atomic mass is 10.5. The van der Waals surface area contributed by atoms with Crippen molar-refractivity contribution < 1.29 is 101 Å². The number of rotatable bonds is 42. The number of ether oxygens (including phenoxy) is 10. The second kappa shape index (κ2) is 29.3. The predicted octanol–water partition coefficient (Wildman–Crippen LogP) is 0.600. The lowest BCUT2D eigenvalue weighted by molar-refractivity contribution is 0.0696. The third-order valence-corrected chi connectivity index (χ3v) is 26.5. The molecule has 0 aliphatic carbocycles. The van der Waals surface area contributed by atoms with Crippen molar-refractivity contribution in [3.8, 4) is 0 Å². The largest absolute Gasteiger partial charge is 0.500 e. The molecule has 0 bridgehead atoms. The minimum absolute atomic E-state index is 0.00768. The van der Waals surface area contributed by atoms with E-state index in [0.717, 1.165) is 19.1 Å². The molecule has 0 aromatic heterocycles. The van der Waals surface area contributed by atoms with Gasteiger partial charge in [-0.3, -0.25) is 0 Å². The molecule has 5 rings (SSSR count). The van der Waals surface area contributed by atoms with E-state index >= 15 is 0 Å². The molecule has 63 heavy (non-hydrogen) atoms. The van der Waals surface area contributed by atoms with E-state index in [2.05, 4.69) is 0 Å². The molecule has 0 spiro atoms. The Labute approximate surface area is 378 Å². The molecule has 372 valence electrons. The molecule has 0 radical (unpaired) electrons. The van der Waals surface area contributed by atoms with Crippen molar-refractivity contribution in [2.45, 2.75) is 92.8 Å². The van der Waals surface area contributed by atoms with Gasteiger partial charge >= 0.3 is 44.0 Å². The van der Waals surface area contributed by atoms with Crippen molar-refractivity contribution in [2.24, 2.45) is 0 Å². The second-order valence-corrected chi connectivity index (χ2v) is 30.1. The van der Waals surface area contributed by atoms with Gasteiger partial charge in [-0.2, -0.15) is 0 Å². The van der Waals surface area contributed by atoms with Crippen LogP contribution in [0.3, 0.4) is 0 Å². The molecule has 5 heterocycles. The molecule has 5 fully saturated rings. The van der Waals surface area contributed by atoms with Crippen LogP contribution >= 0.6 is 0 Å². The molecule has 0 saturated carbocycles. The van der Waals surface area contributed by atoms with Crippen molar-refractivity contribution in [1.29, 1.82) is 0 Å². The molecule has 0 amide bonds. The van der Waals surface area contributed by atoms with Crippen LogP contribution in [0.1, 0.15) is 32.1 Å². The van der Waals surface area contributed by atoms with E-state index in [-0.39, 0.29) is 48.6 Å². The van der Waals surface area contributed by atoms with Gasteiger partial charge in [0.1, 0.15) is 30.5 Å². The minimum atomic E-state index is -4.36. The van der Waals surface area contributed by atoms with Crippen LogP contribution in [0.5, 0.6) is 0 Å². The van der Waals surface area contributed by atoms with E-state index in [0.29, 0.717) is 124 Å². The molecule has 27 heteroatoms. The van der Waals surface area contributed by atoms with Crippen molar-refractivity contribution in [1.82, 2.24) is 0 Å². The second-order valence-electron chi connectivity index (χ2n) is 15.7. The van der Waals surface area contributed by atoms with Crippen LogP contribution in [0.4, 0.5) is 0 Å². The molecular weight excluding hydrogens is 925 g/mol. The molecule has 5 aliphatic heterocycles. The minimum Gasteiger partial charge on any atom is -0.391 e. The van der Waals surface area contributed by atoms with Gasteiger partial charge in [0.25, 0.3) is 0 Å². The monoisotopic (exact) mass is 1000 g/mol. The highest BCUT2D eigenvalue weighted by Crippen LogP contribution is 2.32. The van der Waals surface area contributed by atoms with Crippen LogP contribution in [0.15, 0.2) is 0 Å². The first-order valence-corrected chi connectivity index (χ1v) is 31.7. The van der Waals surface area contributed by atoms with Crippen LogP contribution in [0.2, 0.25) is 30.2 Å². The molecule has 22 nitrogen and oxygen atoms in total. The number of hydrogen-bond acceptors (Lipinski definition) is 22. The summed E-state index contributed by atoms with van der Waals surface area (Å²) in [7, 11) is -9.65. The molecule has 5 aliphatic rings. The Morgan fingerprint density at radius 1 is 0.349 bits per heavy atom. The molecule has 3 N–H and O–H groups in total. The maximum atomic E-state index is 12.2. The van der Waals surface area contributed by atoms with E-state index in [1.54, 1.807) is 21.3 Å². The fraction of sp³-hybridized carbons (Fsp3) is 1.00. The Bertz CT molecular complexity index is 1200. The Kier molecular flexibility index (Phi) is 25.9. The molecule has 0 aromatic carbocycles. The van der Waals surface area contributed by atoms with Crippen molar-refractivity contribution in [3.63, 3.8) is 0 Å². The summed E-state index contributed by atoms with van der Waals surface area (Å²) in [5.74, 6) is 0. The standard InChI is InChI=1S/C27H56O17Si4.C9H20O5Si/c1-31-45(28,12-4-8-34-16-24-20-38-24)42-47(30,14-6-10-36-18-26-22-40-26)44-48(33-3,15-7-11-37-19-27-23-41-27)43-46(29,32-2)13-5-9-35-17-25-21-39-25;1-10-15(11-2,12-3)6-4-5-13-7-9-8-14-9/h24-30H,4-23H2,1-3H3;9H,4-8H2,1-3H3. The molecule has 0 aromatic rings. The molecule has 9 unspecified atom stereocenters. The van der Waals surface area contributed by atoms with Gasteiger partial charge in [-0.15, -0.1) is 0 Å². The number of epoxide rings is 5. The molecule has 9 atom stereocenters. The summed E-state index contributed by atoms with van der Waals surface area (Å²) in [6.07, 6.45) is 3.31. The van der Waals surface area contributed by atoms with Gasteiger partial charge in [0.15, 0.2) is 0 Å². The van der Waals surface area contributed by atoms with Gasteiger partial charge in [-0.05, 0) is 32.1 Å². The first-order valence-electron chi connectivity index (χ1n) is 21.9. The van der Waals surface area contributed by atoms with Crippen LogP contribution in [-0.2, 0) is 86.3 Å². The number of hydrogen-bond donors (Lipinski definition) is 3. The van der Waals surface area contributed by atoms with Crippen molar-refractivity contribution in [2.75, 3.05) is 142 Å². The zero-order chi connectivity index (χ0) is 45.5. The van der Waals surface area contributed by atoms with E-state index in [1.165, 1.54) is 21.3 Å². The van der Waals surface area contributed by atoms with E-state index in [9.17, 15) is 14.4 Å². The SMILES string of the molecule is CO[Si](CCCOCC1CO1)(OC)OC.CO[Si](O)(CCCOCC1CO1)O[Si](O)(CCCOCC1CO1)O[Si](CCCOCC1CO1)(OC)O[Si](O)(CCCOCC1CO1)OC. The van der Waals surface area contributed by atoms with Crippen molar-refractivity contribution >= 4 is 44.0 Å². The summed E-state index contributed by atoms with van der Waals surface area (Å²) in [5, 5.41) is 0. The predicted molar refractivity (Wildman–Crippen MR) is 231 cm³/mol. The maximum Gasteiger partial charge on any atom is 0.500 e. The maximum absolute atomic E-state index is 12.2. The third-order valence-electron chi connectivity index (χ3n) is 10.2. The van der Waals surface area contributed by atoms with Crippen LogP contribution in [-0.4, -0.2) is 231 Å². The normalized spacial score (nSPS) is 26.1. The topological polar surface area (TPSA) is 253 Å². The van der Waals surface area contributed by atoms with E-state index in [4.69, 9.17) is 86.3 Å². The quantitative estimate of drug-likeness (QED) is 0.0430. The van der Waals surface area contributed by atoms with Crippen LogP contribution in [0.25, 0.3) is 0 Å². The smallest absolute Gasteiger partial charge is 0.391 e. The molecular formula is C36H76O22Si5. The lowest BCUT2D eigenvalue weighted by Gasteiger charge is -2.40. The highest BCUT2D eigenvalue weighted by molar-refractivity contribution is 6.83. The summed E-state index contributed by atoms with van der Waals surface area (Å²) in [6.45, 7) is 8.20. The van der Waals surface area contributed by atoms with Crippen LogP contribution < -0.4 is 0 Å². The first kappa shape index (κ1) is 55.8. The average Bonchev–Trinajstić information content (AvgIpc) is 4.06. The van der Waals surface area contributed by atoms with Crippen LogP contribution in [0, 0.1) is 0 Å². The molecule has 5 saturated heterocycles. The Balaban J connectivity index is 0.000000490. The van der Waals surface area contributed by atoms with Gasteiger partial charge in [-0.1, -0.05) is 0 Å². The van der Waals surface area contributed by atoms with Gasteiger partial charge in [0, 0.05) is 106 Å². The Morgan fingerprint density at radius 2 is 0.603 bits per heavy atom. The fourth-order valence-electron chi connectivity index (χ4n) is 5.98. The van der Waals surface area contributed by atoms with E-state index < -0.39 is 44.0 Å². The Hall–Kier alpha value is 0.204. The third kappa shape index (κ3) is 24.4.